The third-order valence-electron chi connectivity index (χ3n) is 5.74. The van der Waals surface area contributed by atoms with Gasteiger partial charge in [-0.25, -0.2) is 24.4 Å². The van der Waals surface area contributed by atoms with Crippen molar-refractivity contribution in [1.29, 1.82) is 0 Å². The van der Waals surface area contributed by atoms with E-state index in [4.69, 9.17) is 18.6 Å². The first-order chi connectivity index (χ1) is 18.9. The lowest BCUT2D eigenvalue weighted by atomic mass is 10.2. The Morgan fingerprint density at radius 1 is 1.05 bits per heavy atom. The second-order valence-corrected chi connectivity index (χ2v) is 8.38. The van der Waals surface area contributed by atoms with Gasteiger partial charge in [0.25, 0.3) is 0 Å². The lowest BCUT2D eigenvalue weighted by Crippen LogP contribution is -2.23. The van der Waals surface area contributed by atoms with Crippen LogP contribution in [0, 0.1) is 0 Å². The number of carbonyl (C=O) groups is 2. The number of aromatic nitrogens is 3. The predicted octanol–water partition coefficient (Wildman–Crippen LogP) is 3.59. The Morgan fingerprint density at radius 2 is 1.82 bits per heavy atom. The number of ether oxygens (including phenoxy) is 3. The highest BCUT2D eigenvalue weighted by Crippen LogP contribution is 2.34. The summed E-state index contributed by atoms with van der Waals surface area (Å²) in [5.74, 6) is -0.198. The topological polar surface area (TPSA) is 161 Å². The van der Waals surface area contributed by atoms with Crippen LogP contribution < -0.4 is 26.0 Å². The number of hydrogen-bond acceptors (Lipinski definition) is 10. The van der Waals surface area contributed by atoms with Crippen molar-refractivity contribution in [3.8, 4) is 17.1 Å². The first kappa shape index (κ1) is 25.7. The Bertz CT molecular complexity index is 1560. The number of amides is 2. The number of fused-ring (bicyclic) bond motifs is 1. The highest BCUT2D eigenvalue weighted by Gasteiger charge is 2.28. The van der Waals surface area contributed by atoms with E-state index in [-0.39, 0.29) is 18.1 Å². The first-order valence-electron chi connectivity index (χ1n) is 12.3. The lowest BCUT2D eigenvalue weighted by Gasteiger charge is -2.21. The van der Waals surface area contributed by atoms with Crippen molar-refractivity contribution in [2.45, 2.75) is 13.8 Å². The molecule has 0 spiro atoms. The van der Waals surface area contributed by atoms with E-state index in [0.29, 0.717) is 66.2 Å². The molecular formula is C26H26N6O7. The van der Waals surface area contributed by atoms with Gasteiger partial charge in [0.1, 0.15) is 6.73 Å². The minimum Gasteiger partial charge on any atom is -0.488 e. The number of aromatic amines is 1. The smallest absolute Gasteiger partial charge is 0.417 e. The van der Waals surface area contributed by atoms with Crippen molar-refractivity contribution < 1.29 is 28.2 Å². The van der Waals surface area contributed by atoms with Crippen LogP contribution in [0.2, 0.25) is 0 Å². The number of H-pyrrole nitrogens is 1. The van der Waals surface area contributed by atoms with Crippen LogP contribution >= 0.6 is 0 Å². The third kappa shape index (κ3) is 5.67. The summed E-state index contributed by atoms with van der Waals surface area (Å²) in [5.41, 5.74) is 2.50. The average molecular weight is 535 g/mol. The maximum Gasteiger partial charge on any atom is 0.417 e. The summed E-state index contributed by atoms with van der Waals surface area (Å²) < 4.78 is 21.4. The quantitative estimate of drug-likeness (QED) is 0.285. The molecule has 5 rings (SSSR count). The van der Waals surface area contributed by atoms with E-state index < -0.39 is 17.8 Å². The molecule has 0 bridgehead atoms. The van der Waals surface area contributed by atoms with E-state index in [9.17, 15) is 14.4 Å². The highest BCUT2D eigenvalue weighted by molar-refractivity contribution is 6.00. The van der Waals surface area contributed by atoms with Crippen LogP contribution in [0.5, 0.6) is 5.75 Å². The number of rotatable bonds is 8. The fourth-order valence-electron chi connectivity index (χ4n) is 4.00. The first-order valence-corrected chi connectivity index (χ1v) is 12.3. The number of benzene rings is 2. The van der Waals surface area contributed by atoms with E-state index in [1.54, 1.807) is 49.4 Å². The number of esters is 1. The fraction of sp³-hybridized carbons (Fsp3) is 0.269. The van der Waals surface area contributed by atoms with Crippen molar-refractivity contribution in [3.63, 3.8) is 0 Å². The van der Waals surface area contributed by atoms with Crippen molar-refractivity contribution in [3.05, 3.63) is 58.7 Å². The molecule has 0 saturated carbocycles. The molecule has 13 heteroatoms. The normalized spacial score (nSPS) is 12.9. The van der Waals surface area contributed by atoms with Crippen LogP contribution in [-0.4, -0.2) is 60.0 Å². The van der Waals surface area contributed by atoms with Gasteiger partial charge in [-0.05, 0) is 56.3 Å². The van der Waals surface area contributed by atoms with Crippen molar-refractivity contribution in [2.24, 2.45) is 0 Å². The molecule has 2 aromatic heterocycles. The predicted molar refractivity (Wildman–Crippen MR) is 142 cm³/mol. The van der Waals surface area contributed by atoms with Crippen LogP contribution in [0.1, 0.15) is 24.3 Å². The van der Waals surface area contributed by atoms with Crippen LogP contribution in [0.15, 0.2) is 51.7 Å². The number of anilines is 3. The van der Waals surface area contributed by atoms with Gasteiger partial charge in [-0.15, -0.1) is 0 Å². The summed E-state index contributed by atoms with van der Waals surface area (Å²) in [6.07, 6.45) is 0. The van der Waals surface area contributed by atoms with E-state index >= 15 is 0 Å². The van der Waals surface area contributed by atoms with E-state index in [1.165, 1.54) is 0 Å². The molecule has 4 aromatic rings. The standard InChI is InChI=1S/C26H26N6O7/c1-3-37-21-20(24(33)38-4-2)30-22(31-23(21)32-11-12-36-14-32)15-5-7-16(8-6-15)27-25(34)28-17-9-10-19-18(13-17)29-26(35)39-19/h5-10,13H,3-4,11-12,14H2,1-2H3,(H,29,35)(H2,27,28,34). The Balaban J connectivity index is 1.38. The van der Waals surface area contributed by atoms with E-state index in [1.807, 2.05) is 11.8 Å². The van der Waals surface area contributed by atoms with Gasteiger partial charge in [-0.3, -0.25) is 4.98 Å². The summed E-state index contributed by atoms with van der Waals surface area (Å²) in [6.45, 7) is 5.44. The Labute approximate surface area is 222 Å². The molecule has 3 heterocycles. The minimum atomic E-state index is -0.612. The summed E-state index contributed by atoms with van der Waals surface area (Å²) >= 11 is 0. The van der Waals surface area contributed by atoms with Gasteiger partial charge in [0.15, 0.2) is 28.7 Å². The van der Waals surface area contributed by atoms with E-state index in [2.05, 4.69) is 25.6 Å². The maximum absolute atomic E-state index is 12.8. The highest BCUT2D eigenvalue weighted by atomic mass is 16.5. The molecule has 3 N–H and O–H groups in total. The summed E-state index contributed by atoms with van der Waals surface area (Å²) in [7, 11) is 0. The molecule has 0 unspecified atom stereocenters. The number of nitrogens with one attached hydrogen (secondary N) is 3. The second-order valence-electron chi connectivity index (χ2n) is 8.38. The largest absolute Gasteiger partial charge is 0.488 e. The molecule has 39 heavy (non-hydrogen) atoms. The number of oxazole rings is 1. The SMILES string of the molecule is CCOC(=O)c1nc(-c2ccc(NC(=O)Nc3ccc4oc(=O)[nH]c4c3)cc2)nc(N2CCOC2)c1OCC. The monoisotopic (exact) mass is 534 g/mol. The van der Waals surface area contributed by atoms with Gasteiger partial charge in [0, 0.05) is 23.5 Å². The van der Waals surface area contributed by atoms with Crippen LogP contribution in [0.4, 0.5) is 22.0 Å². The number of hydrogen-bond donors (Lipinski definition) is 3. The van der Waals surface area contributed by atoms with Crippen molar-refractivity contribution in [1.82, 2.24) is 15.0 Å². The molecule has 1 aliphatic rings. The summed E-state index contributed by atoms with van der Waals surface area (Å²) in [6, 6.07) is 11.2. The molecular weight excluding hydrogens is 508 g/mol. The summed E-state index contributed by atoms with van der Waals surface area (Å²) in [4.78, 5) is 50.2. The van der Waals surface area contributed by atoms with Gasteiger partial charge in [-0.1, -0.05) is 0 Å². The molecule has 1 saturated heterocycles. The van der Waals surface area contributed by atoms with E-state index in [0.717, 1.165) is 0 Å². The van der Waals surface area contributed by atoms with Crippen molar-refractivity contribution >= 4 is 40.3 Å². The molecule has 2 amide bonds. The molecule has 1 fully saturated rings. The zero-order chi connectivity index (χ0) is 27.4. The Hall–Kier alpha value is -4.91. The van der Waals surface area contributed by atoms with Gasteiger partial charge >= 0.3 is 17.8 Å². The van der Waals surface area contributed by atoms with Crippen LogP contribution in [0.25, 0.3) is 22.5 Å². The van der Waals surface area contributed by atoms with Crippen LogP contribution in [0.3, 0.4) is 0 Å². The molecule has 0 radical (unpaired) electrons. The molecule has 202 valence electrons. The Kier molecular flexibility index (Phi) is 7.41. The molecule has 13 nitrogen and oxygen atoms in total. The molecule has 1 aliphatic heterocycles. The van der Waals surface area contributed by atoms with Gasteiger partial charge < -0.3 is 34.2 Å². The molecule has 0 atom stereocenters. The second kappa shape index (κ2) is 11.2. The Morgan fingerprint density at radius 3 is 2.54 bits per heavy atom. The molecule has 0 aliphatic carbocycles. The zero-order valence-electron chi connectivity index (χ0n) is 21.3. The lowest BCUT2D eigenvalue weighted by molar-refractivity contribution is 0.0514. The maximum atomic E-state index is 12.8. The van der Waals surface area contributed by atoms with Gasteiger partial charge in [0.2, 0.25) is 0 Å². The van der Waals surface area contributed by atoms with Gasteiger partial charge in [0.05, 0.1) is 25.3 Å². The number of nitrogens with zero attached hydrogens (tertiary/aromatic N) is 3. The third-order valence-corrected chi connectivity index (χ3v) is 5.74. The van der Waals surface area contributed by atoms with Gasteiger partial charge in [-0.2, -0.15) is 0 Å². The minimum absolute atomic E-state index is 0.0307. The molecule has 2 aromatic carbocycles. The average Bonchev–Trinajstić information content (AvgIpc) is 3.58. The zero-order valence-corrected chi connectivity index (χ0v) is 21.3. The fourth-order valence-corrected chi connectivity index (χ4v) is 4.00. The number of urea groups is 1. The van der Waals surface area contributed by atoms with Crippen molar-refractivity contribution in [2.75, 3.05) is 48.6 Å². The number of carbonyl (C=O) groups excluding carboxylic acids is 2. The summed E-state index contributed by atoms with van der Waals surface area (Å²) in [5, 5.41) is 5.45. The van der Waals surface area contributed by atoms with Crippen LogP contribution in [-0.2, 0) is 9.47 Å².